The van der Waals surface area contributed by atoms with Crippen LogP contribution in [-0.4, -0.2) is 26.2 Å². The lowest BCUT2D eigenvalue weighted by Crippen LogP contribution is -2.13. The zero-order valence-corrected chi connectivity index (χ0v) is 10.2. The molecule has 94 valence electrons. The zero-order chi connectivity index (χ0) is 13.1. The topological polar surface area (TPSA) is 90.9 Å². The number of H-pyrrole nitrogens is 1. The summed E-state index contributed by atoms with van der Waals surface area (Å²) in [6, 6.07) is 4.92. The molecule has 0 aliphatic heterocycles. The number of phenolic OH excluding ortho intramolecular Hbond substituents is 1. The van der Waals surface area contributed by atoms with Crippen LogP contribution in [0.25, 0.3) is 0 Å². The molecular weight excluding hydrogens is 232 g/mol. The largest absolute Gasteiger partial charge is 0.508 e. The number of amides is 1. The molecule has 1 aromatic carbocycles. The summed E-state index contributed by atoms with van der Waals surface area (Å²) in [6.45, 7) is 3.70. The predicted molar refractivity (Wildman–Crippen MR) is 66.6 cm³/mol. The number of hydrogen-bond donors (Lipinski definition) is 3. The number of aromatic hydroxyl groups is 1. The summed E-state index contributed by atoms with van der Waals surface area (Å²) in [5, 5.41) is 18.6. The van der Waals surface area contributed by atoms with E-state index in [9.17, 15) is 9.90 Å². The molecule has 0 unspecified atom stereocenters. The molecule has 3 N–H and O–H groups in total. The van der Waals surface area contributed by atoms with Gasteiger partial charge in [-0.05, 0) is 18.6 Å². The lowest BCUT2D eigenvalue weighted by atomic mass is 10.2. The van der Waals surface area contributed by atoms with Crippen molar-refractivity contribution in [1.82, 2.24) is 15.2 Å². The number of aryl methyl sites for hydroxylation is 2. The smallest absolute Gasteiger partial charge is 0.295 e. The molecule has 18 heavy (non-hydrogen) atoms. The van der Waals surface area contributed by atoms with Crippen LogP contribution < -0.4 is 5.32 Å². The number of carbonyl (C=O) groups is 1. The molecule has 0 aliphatic rings. The van der Waals surface area contributed by atoms with Crippen LogP contribution in [0.4, 0.5) is 5.69 Å². The molecule has 0 aliphatic carbocycles. The quantitative estimate of drug-likeness (QED) is 0.767. The Morgan fingerprint density at radius 2 is 2.28 bits per heavy atom. The van der Waals surface area contributed by atoms with E-state index in [4.69, 9.17) is 0 Å². The van der Waals surface area contributed by atoms with E-state index < -0.39 is 5.91 Å². The molecule has 2 rings (SSSR count). The number of hydrogen-bond acceptors (Lipinski definition) is 4. The lowest BCUT2D eigenvalue weighted by Gasteiger charge is -2.04. The molecule has 0 atom stereocenters. The Morgan fingerprint density at radius 1 is 1.50 bits per heavy atom. The fourth-order valence-electron chi connectivity index (χ4n) is 1.43. The maximum atomic E-state index is 11.8. The Morgan fingerprint density at radius 3 is 2.89 bits per heavy atom. The highest BCUT2D eigenvalue weighted by molar-refractivity contribution is 6.01. The molecule has 0 spiro atoms. The molecule has 1 heterocycles. The third-order valence-corrected chi connectivity index (χ3v) is 2.54. The first kappa shape index (κ1) is 12.1. The van der Waals surface area contributed by atoms with Crippen LogP contribution in [0.1, 0.15) is 28.9 Å². The Kier molecular flexibility index (Phi) is 3.27. The van der Waals surface area contributed by atoms with Crippen molar-refractivity contribution in [3.63, 3.8) is 0 Å². The number of aromatic nitrogens is 3. The molecular formula is C12H14N4O2. The van der Waals surface area contributed by atoms with Crippen LogP contribution in [0.15, 0.2) is 18.2 Å². The number of nitrogens with zero attached hydrogens (tertiary/aromatic N) is 2. The number of carbonyl (C=O) groups excluding carboxylic acids is 1. The highest BCUT2D eigenvalue weighted by Crippen LogP contribution is 2.20. The molecule has 1 aromatic heterocycles. The van der Waals surface area contributed by atoms with Gasteiger partial charge in [0, 0.05) is 18.2 Å². The lowest BCUT2D eigenvalue weighted by molar-refractivity contribution is 0.101. The Hall–Kier alpha value is -2.37. The van der Waals surface area contributed by atoms with E-state index in [0.717, 1.165) is 5.56 Å². The average Bonchev–Trinajstić information content (AvgIpc) is 2.82. The summed E-state index contributed by atoms with van der Waals surface area (Å²) in [6.07, 6.45) is 0.686. The second kappa shape index (κ2) is 4.87. The van der Waals surface area contributed by atoms with Gasteiger partial charge in [0.15, 0.2) is 0 Å². The summed E-state index contributed by atoms with van der Waals surface area (Å²) in [5.74, 6) is 0.477. The Balaban J connectivity index is 2.13. The van der Waals surface area contributed by atoms with Gasteiger partial charge < -0.3 is 10.4 Å². The summed E-state index contributed by atoms with van der Waals surface area (Å²) in [4.78, 5) is 15.8. The van der Waals surface area contributed by atoms with E-state index in [1.165, 1.54) is 6.07 Å². The molecule has 0 fully saturated rings. The molecule has 2 aromatic rings. The monoisotopic (exact) mass is 246 g/mol. The Labute approximate surface area is 104 Å². The van der Waals surface area contributed by atoms with Crippen molar-refractivity contribution in [3.05, 3.63) is 35.4 Å². The molecule has 0 bridgehead atoms. The van der Waals surface area contributed by atoms with Gasteiger partial charge in [0.1, 0.15) is 11.6 Å². The van der Waals surface area contributed by atoms with E-state index in [1.807, 2.05) is 6.92 Å². The predicted octanol–water partition coefficient (Wildman–Crippen LogP) is 1.63. The summed E-state index contributed by atoms with van der Waals surface area (Å²) < 4.78 is 0. The minimum Gasteiger partial charge on any atom is -0.508 e. The highest BCUT2D eigenvalue weighted by Gasteiger charge is 2.12. The van der Waals surface area contributed by atoms with Crippen LogP contribution in [0.5, 0.6) is 5.75 Å². The number of benzene rings is 1. The van der Waals surface area contributed by atoms with Crippen LogP contribution in [0, 0.1) is 6.92 Å². The molecule has 1 amide bonds. The van der Waals surface area contributed by atoms with Gasteiger partial charge in [-0.25, -0.2) is 4.98 Å². The van der Waals surface area contributed by atoms with E-state index in [2.05, 4.69) is 20.5 Å². The maximum Gasteiger partial charge on any atom is 0.295 e. The first-order chi connectivity index (χ1) is 8.60. The van der Waals surface area contributed by atoms with Crippen molar-refractivity contribution in [2.75, 3.05) is 5.32 Å². The normalized spacial score (nSPS) is 10.3. The fourth-order valence-corrected chi connectivity index (χ4v) is 1.43. The Bertz CT molecular complexity index is 577. The van der Waals surface area contributed by atoms with Crippen LogP contribution >= 0.6 is 0 Å². The first-order valence-corrected chi connectivity index (χ1v) is 5.62. The fraction of sp³-hybridized carbons (Fsp3) is 0.250. The molecule has 6 nitrogen and oxygen atoms in total. The summed E-state index contributed by atoms with van der Waals surface area (Å²) in [5.41, 5.74) is 1.25. The highest BCUT2D eigenvalue weighted by atomic mass is 16.3. The second-order valence-electron chi connectivity index (χ2n) is 3.91. The van der Waals surface area contributed by atoms with E-state index in [0.29, 0.717) is 17.9 Å². The van der Waals surface area contributed by atoms with Crippen molar-refractivity contribution in [2.45, 2.75) is 20.3 Å². The van der Waals surface area contributed by atoms with Gasteiger partial charge in [-0.3, -0.25) is 9.89 Å². The van der Waals surface area contributed by atoms with Gasteiger partial charge in [-0.2, -0.15) is 0 Å². The minimum absolute atomic E-state index is 0.0897. The SMILES string of the molecule is CCc1nc(C(=O)Nc2ccc(C)c(O)c2)n[nH]1. The molecule has 0 saturated heterocycles. The van der Waals surface area contributed by atoms with Gasteiger partial charge in [0.25, 0.3) is 5.91 Å². The number of nitrogens with one attached hydrogen (secondary N) is 2. The average molecular weight is 246 g/mol. The second-order valence-corrected chi connectivity index (χ2v) is 3.91. The molecule has 0 radical (unpaired) electrons. The van der Waals surface area contributed by atoms with Crippen molar-refractivity contribution in [2.24, 2.45) is 0 Å². The van der Waals surface area contributed by atoms with Crippen LogP contribution in [-0.2, 0) is 6.42 Å². The molecule has 6 heteroatoms. The third kappa shape index (κ3) is 2.48. The number of rotatable bonds is 3. The van der Waals surface area contributed by atoms with Gasteiger partial charge in [-0.15, -0.1) is 5.10 Å². The first-order valence-electron chi connectivity index (χ1n) is 5.62. The molecule has 0 saturated carbocycles. The number of anilines is 1. The summed E-state index contributed by atoms with van der Waals surface area (Å²) >= 11 is 0. The van der Waals surface area contributed by atoms with Gasteiger partial charge in [0.05, 0.1) is 0 Å². The number of aromatic amines is 1. The van der Waals surface area contributed by atoms with Gasteiger partial charge in [0.2, 0.25) is 5.82 Å². The van der Waals surface area contributed by atoms with Crippen LogP contribution in [0.2, 0.25) is 0 Å². The number of phenols is 1. The zero-order valence-electron chi connectivity index (χ0n) is 10.2. The van der Waals surface area contributed by atoms with Crippen molar-refractivity contribution >= 4 is 11.6 Å². The maximum absolute atomic E-state index is 11.8. The third-order valence-electron chi connectivity index (χ3n) is 2.54. The van der Waals surface area contributed by atoms with Crippen molar-refractivity contribution in [3.8, 4) is 5.75 Å². The van der Waals surface area contributed by atoms with E-state index in [-0.39, 0.29) is 11.6 Å². The minimum atomic E-state index is -0.408. The van der Waals surface area contributed by atoms with Gasteiger partial charge in [-0.1, -0.05) is 13.0 Å². The van der Waals surface area contributed by atoms with Crippen molar-refractivity contribution < 1.29 is 9.90 Å². The van der Waals surface area contributed by atoms with Crippen molar-refractivity contribution in [1.29, 1.82) is 0 Å². The van der Waals surface area contributed by atoms with Crippen LogP contribution in [0.3, 0.4) is 0 Å². The van der Waals surface area contributed by atoms with E-state index in [1.54, 1.807) is 19.1 Å². The van der Waals surface area contributed by atoms with Gasteiger partial charge >= 0.3 is 0 Å². The standard InChI is InChI=1S/C12H14N4O2/c1-3-10-14-11(16-15-10)12(18)13-8-5-4-7(2)9(17)6-8/h4-6,17H,3H2,1-2H3,(H,13,18)(H,14,15,16). The van der Waals surface area contributed by atoms with E-state index >= 15 is 0 Å². The summed E-state index contributed by atoms with van der Waals surface area (Å²) in [7, 11) is 0.